The zero-order valence-electron chi connectivity index (χ0n) is 12.5. The second-order valence-electron chi connectivity index (χ2n) is 4.65. The molecular formula is C17H17NO4. The van der Waals surface area contributed by atoms with E-state index in [0.29, 0.717) is 17.9 Å². The summed E-state index contributed by atoms with van der Waals surface area (Å²) in [5.41, 5.74) is 1.48. The fraction of sp³-hybridized carbons (Fsp3) is 0.176. The summed E-state index contributed by atoms with van der Waals surface area (Å²) >= 11 is 0. The Hall–Kier alpha value is -2.82. The lowest BCUT2D eigenvalue weighted by Crippen LogP contribution is -2.22. The average molecular weight is 299 g/mol. The van der Waals surface area contributed by atoms with Gasteiger partial charge in [0, 0.05) is 19.0 Å². The maximum Gasteiger partial charge on any atom is 0.308 e. The van der Waals surface area contributed by atoms with E-state index in [4.69, 9.17) is 9.47 Å². The molecule has 1 amide bonds. The molecule has 0 aliphatic rings. The lowest BCUT2D eigenvalue weighted by molar-refractivity contribution is -0.131. The van der Waals surface area contributed by atoms with E-state index in [9.17, 15) is 9.59 Å². The molecule has 0 heterocycles. The third-order valence-corrected chi connectivity index (χ3v) is 2.99. The van der Waals surface area contributed by atoms with Crippen LogP contribution in [-0.2, 0) is 11.3 Å². The van der Waals surface area contributed by atoms with Crippen LogP contribution in [0, 0.1) is 0 Å². The van der Waals surface area contributed by atoms with Crippen molar-refractivity contribution >= 4 is 11.9 Å². The minimum absolute atomic E-state index is 0.190. The van der Waals surface area contributed by atoms with Crippen LogP contribution in [0.25, 0.3) is 0 Å². The highest BCUT2D eigenvalue weighted by atomic mass is 16.5. The van der Waals surface area contributed by atoms with Crippen LogP contribution in [0.2, 0.25) is 0 Å². The first-order valence-electron chi connectivity index (χ1n) is 6.78. The molecule has 2 aromatic carbocycles. The molecule has 114 valence electrons. The largest absolute Gasteiger partial charge is 0.497 e. The minimum atomic E-state index is -0.392. The van der Waals surface area contributed by atoms with Crippen molar-refractivity contribution in [2.45, 2.75) is 13.5 Å². The molecule has 0 bridgehead atoms. The monoisotopic (exact) mass is 299 g/mol. The molecule has 0 saturated heterocycles. The zero-order chi connectivity index (χ0) is 15.9. The number of hydrogen-bond donors (Lipinski definition) is 1. The summed E-state index contributed by atoms with van der Waals surface area (Å²) in [4.78, 5) is 22.9. The van der Waals surface area contributed by atoms with Crippen molar-refractivity contribution in [3.63, 3.8) is 0 Å². The molecule has 22 heavy (non-hydrogen) atoms. The Balaban J connectivity index is 1.92. The first kappa shape index (κ1) is 15.6. The lowest BCUT2D eigenvalue weighted by atomic mass is 10.2. The van der Waals surface area contributed by atoms with Crippen molar-refractivity contribution in [3.05, 3.63) is 59.7 Å². The fourth-order valence-corrected chi connectivity index (χ4v) is 1.87. The van der Waals surface area contributed by atoms with E-state index in [2.05, 4.69) is 5.32 Å². The normalized spacial score (nSPS) is 9.91. The second kappa shape index (κ2) is 7.26. The molecule has 5 nitrogen and oxygen atoms in total. The van der Waals surface area contributed by atoms with Crippen LogP contribution in [0.3, 0.4) is 0 Å². The van der Waals surface area contributed by atoms with E-state index in [1.165, 1.54) is 6.92 Å². The summed E-state index contributed by atoms with van der Waals surface area (Å²) in [5.74, 6) is 0.609. The molecule has 5 heteroatoms. The topological polar surface area (TPSA) is 64.6 Å². The van der Waals surface area contributed by atoms with Crippen LogP contribution in [0.4, 0.5) is 0 Å². The Morgan fingerprint density at radius 3 is 2.09 bits per heavy atom. The number of hydrogen-bond acceptors (Lipinski definition) is 4. The lowest BCUT2D eigenvalue weighted by Gasteiger charge is -2.07. The van der Waals surface area contributed by atoms with Gasteiger partial charge in [-0.1, -0.05) is 12.1 Å². The number of carbonyl (C=O) groups excluding carboxylic acids is 2. The number of rotatable bonds is 5. The number of benzene rings is 2. The molecule has 2 aromatic rings. The van der Waals surface area contributed by atoms with Gasteiger partial charge >= 0.3 is 5.97 Å². The average Bonchev–Trinajstić information content (AvgIpc) is 2.53. The highest BCUT2D eigenvalue weighted by molar-refractivity contribution is 5.94. The number of esters is 1. The zero-order valence-corrected chi connectivity index (χ0v) is 12.5. The van der Waals surface area contributed by atoms with E-state index in [1.54, 1.807) is 31.4 Å². The molecule has 0 spiro atoms. The summed E-state index contributed by atoms with van der Waals surface area (Å²) in [6.45, 7) is 1.75. The van der Waals surface area contributed by atoms with Crippen molar-refractivity contribution in [1.29, 1.82) is 0 Å². The molecular weight excluding hydrogens is 282 g/mol. The van der Waals surface area contributed by atoms with E-state index < -0.39 is 5.97 Å². The van der Waals surface area contributed by atoms with Crippen molar-refractivity contribution in [2.24, 2.45) is 0 Å². The van der Waals surface area contributed by atoms with Crippen LogP contribution in [0.15, 0.2) is 48.5 Å². The van der Waals surface area contributed by atoms with Gasteiger partial charge in [-0.15, -0.1) is 0 Å². The van der Waals surface area contributed by atoms with Crippen molar-refractivity contribution in [1.82, 2.24) is 5.32 Å². The predicted octanol–water partition coefficient (Wildman–Crippen LogP) is 2.55. The van der Waals surface area contributed by atoms with Crippen LogP contribution < -0.4 is 14.8 Å². The van der Waals surface area contributed by atoms with E-state index in [1.807, 2.05) is 24.3 Å². The molecule has 0 aliphatic carbocycles. The second-order valence-corrected chi connectivity index (χ2v) is 4.65. The highest BCUT2D eigenvalue weighted by Crippen LogP contribution is 2.13. The van der Waals surface area contributed by atoms with Crippen molar-refractivity contribution < 1.29 is 19.1 Å². The summed E-state index contributed by atoms with van der Waals surface area (Å²) in [5, 5.41) is 2.83. The molecule has 0 atom stereocenters. The summed E-state index contributed by atoms with van der Waals surface area (Å²) in [6.07, 6.45) is 0. The Morgan fingerprint density at radius 1 is 0.955 bits per heavy atom. The van der Waals surface area contributed by atoms with E-state index >= 15 is 0 Å². The van der Waals surface area contributed by atoms with Crippen molar-refractivity contribution in [2.75, 3.05) is 7.11 Å². The molecule has 0 radical (unpaired) electrons. The van der Waals surface area contributed by atoms with Gasteiger partial charge in [-0.05, 0) is 42.0 Å². The number of methoxy groups -OCH3 is 1. The number of amides is 1. The van der Waals surface area contributed by atoms with E-state index in [-0.39, 0.29) is 5.91 Å². The minimum Gasteiger partial charge on any atom is -0.497 e. The summed E-state index contributed by atoms with van der Waals surface area (Å²) in [7, 11) is 1.61. The Kier molecular flexibility index (Phi) is 5.14. The standard InChI is InChI=1S/C17H17NO4/c1-12(19)22-16-9-5-14(6-10-16)17(20)18-11-13-3-7-15(21-2)8-4-13/h3-10H,11H2,1-2H3,(H,18,20). The van der Waals surface area contributed by atoms with Gasteiger partial charge < -0.3 is 14.8 Å². The van der Waals surface area contributed by atoms with Gasteiger partial charge in [-0.25, -0.2) is 0 Å². The molecule has 1 N–H and O–H groups in total. The summed E-state index contributed by atoms with van der Waals surface area (Å²) in [6, 6.07) is 13.9. The molecule has 0 aromatic heterocycles. The smallest absolute Gasteiger partial charge is 0.308 e. The molecule has 0 unspecified atom stereocenters. The maximum atomic E-state index is 12.0. The van der Waals surface area contributed by atoms with Gasteiger partial charge in [0.1, 0.15) is 11.5 Å². The number of carbonyl (C=O) groups is 2. The van der Waals surface area contributed by atoms with Gasteiger partial charge in [0.15, 0.2) is 0 Å². The third-order valence-electron chi connectivity index (χ3n) is 2.99. The molecule has 0 saturated carbocycles. The molecule has 2 rings (SSSR count). The SMILES string of the molecule is COc1ccc(CNC(=O)c2ccc(OC(C)=O)cc2)cc1. The number of nitrogens with one attached hydrogen (secondary N) is 1. The van der Waals surface area contributed by atoms with Crippen LogP contribution in [-0.4, -0.2) is 19.0 Å². The molecule has 0 aliphatic heterocycles. The predicted molar refractivity (Wildman–Crippen MR) is 81.9 cm³/mol. The highest BCUT2D eigenvalue weighted by Gasteiger charge is 2.06. The fourth-order valence-electron chi connectivity index (χ4n) is 1.87. The van der Waals surface area contributed by atoms with Crippen molar-refractivity contribution in [3.8, 4) is 11.5 Å². The van der Waals surface area contributed by atoms with Gasteiger partial charge in [0.05, 0.1) is 7.11 Å². The first-order chi connectivity index (χ1) is 10.6. The van der Waals surface area contributed by atoms with Gasteiger partial charge in [-0.2, -0.15) is 0 Å². The third kappa shape index (κ3) is 4.34. The van der Waals surface area contributed by atoms with Gasteiger partial charge in [0.2, 0.25) is 0 Å². The quantitative estimate of drug-likeness (QED) is 0.680. The summed E-state index contributed by atoms with van der Waals surface area (Å²) < 4.78 is 10.00. The number of ether oxygens (including phenoxy) is 2. The Labute approximate surface area is 128 Å². The van der Waals surface area contributed by atoms with Crippen LogP contribution >= 0.6 is 0 Å². The maximum absolute atomic E-state index is 12.0. The molecule has 0 fully saturated rings. The Bertz CT molecular complexity index is 647. The first-order valence-corrected chi connectivity index (χ1v) is 6.78. The van der Waals surface area contributed by atoms with Crippen LogP contribution in [0.5, 0.6) is 11.5 Å². The van der Waals surface area contributed by atoms with Crippen LogP contribution in [0.1, 0.15) is 22.8 Å². The van der Waals surface area contributed by atoms with E-state index in [0.717, 1.165) is 11.3 Å². The van der Waals surface area contributed by atoms with Gasteiger partial charge in [0.25, 0.3) is 5.91 Å². The Morgan fingerprint density at radius 2 is 1.55 bits per heavy atom. The van der Waals surface area contributed by atoms with Gasteiger partial charge in [-0.3, -0.25) is 9.59 Å².